The second-order valence-electron chi connectivity index (χ2n) is 5.56. The van der Waals surface area contributed by atoms with Crippen LogP contribution in [0.4, 0.5) is 17.6 Å². The van der Waals surface area contributed by atoms with E-state index in [4.69, 9.17) is 9.47 Å². The molecule has 0 unspecified atom stereocenters. The third kappa shape index (κ3) is 9.82. The van der Waals surface area contributed by atoms with Crippen LogP contribution in [0.5, 0.6) is 0 Å². The first-order valence-electron chi connectivity index (χ1n) is 8.83. The molecule has 0 aliphatic heterocycles. The Morgan fingerprint density at radius 3 is 1.48 bits per heavy atom. The zero-order chi connectivity index (χ0) is 21.6. The minimum Gasteiger partial charge on any atom is -0.349 e. The lowest BCUT2D eigenvalue weighted by molar-refractivity contribution is -0.140. The van der Waals surface area contributed by atoms with Gasteiger partial charge in [-0.2, -0.15) is 17.6 Å². The van der Waals surface area contributed by atoms with E-state index in [-0.39, 0.29) is 0 Å². The van der Waals surface area contributed by atoms with Crippen LogP contribution in [0.1, 0.15) is 47.2 Å². The molecular formula is C22H22F4O3. The van der Waals surface area contributed by atoms with Crippen molar-refractivity contribution in [3.63, 3.8) is 0 Å². The third-order valence-corrected chi connectivity index (χ3v) is 3.47. The predicted molar refractivity (Wildman–Crippen MR) is 105 cm³/mol. The van der Waals surface area contributed by atoms with E-state index < -0.39 is 18.5 Å². The van der Waals surface area contributed by atoms with Crippen molar-refractivity contribution in [1.29, 1.82) is 0 Å². The molecule has 0 spiro atoms. The monoisotopic (exact) mass is 410 g/mol. The van der Waals surface area contributed by atoms with Gasteiger partial charge in [0.05, 0.1) is 0 Å². The van der Waals surface area contributed by atoms with E-state index in [2.05, 4.69) is 0 Å². The van der Waals surface area contributed by atoms with Crippen molar-refractivity contribution in [2.45, 2.75) is 20.1 Å². The highest BCUT2D eigenvalue weighted by Gasteiger charge is 2.10. The zero-order valence-corrected chi connectivity index (χ0v) is 16.1. The number of carbonyl (C=O) groups is 1. The number of rotatable bonds is 8. The molecule has 0 saturated carbocycles. The summed E-state index contributed by atoms with van der Waals surface area (Å²) >= 11 is 0. The molecule has 2 rings (SSSR count). The summed E-state index contributed by atoms with van der Waals surface area (Å²) in [5.74, 6) is 0. The number of halogens is 4. The summed E-state index contributed by atoms with van der Waals surface area (Å²) in [7, 11) is 0. The summed E-state index contributed by atoms with van der Waals surface area (Å²) in [6.07, 6.45) is -1.65. The normalized spacial score (nSPS) is 10.0. The molecule has 0 fully saturated rings. The van der Waals surface area contributed by atoms with Crippen molar-refractivity contribution in [1.82, 2.24) is 0 Å². The summed E-state index contributed by atoms with van der Waals surface area (Å²) < 4.78 is 58.3. The van der Waals surface area contributed by atoms with Gasteiger partial charge in [-0.05, 0) is 25.0 Å². The Morgan fingerprint density at radius 1 is 0.759 bits per heavy atom. The molecule has 0 amide bonds. The molecule has 2 aromatic carbocycles. The van der Waals surface area contributed by atoms with Crippen LogP contribution in [-0.2, 0) is 9.47 Å². The van der Waals surface area contributed by atoms with Gasteiger partial charge in [-0.25, -0.2) is 0 Å². The van der Waals surface area contributed by atoms with Crippen molar-refractivity contribution >= 4 is 18.4 Å². The summed E-state index contributed by atoms with van der Waals surface area (Å²) in [6, 6.07) is 12.6. The highest BCUT2D eigenvalue weighted by atomic mass is 19.3. The molecule has 0 bridgehead atoms. The molecule has 7 heteroatoms. The molecule has 29 heavy (non-hydrogen) atoms. The Bertz CT molecular complexity index is 786. The van der Waals surface area contributed by atoms with Crippen LogP contribution in [0.2, 0.25) is 0 Å². The van der Waals surface area contributed by atoms with Crippen LogP contribution in [-0.4, -0.2) is 19.5 Å². The molecule has 0 aliphatic rings. The first kappa shape index (κ1) is 24.3. The van der Waals surface area contributed by atoms with E-state index in [0.29, 0.717) is 36.2 Å². The molecule has 156 valence electrons. The summed E-state index contributed by atoms with van der Waals surface area (Å²) in [5.41, 5.74) is 2.15. The quantitative estimate of drug-likeness (QED) is 0.275. The molecule has 2 aromatic rings. The number of aldehydes is 1. The molecule has 0 radical (unpaired) electrons. The average molecular weight is 410 g/mol. The van der Waals surface area contributed by atoms with Crippen molar-refractivity contribution in [3.8, 4) is 0 Å². The molecule has 0 aromatic heterocycles. The topological polar surface area (TPSA) is 35.5 Å². The highest BCUT2D eigenvalue weighted by molar-refractivity contribution is 5.75. The zero-order valence-electron chi connectivity index (χ0n) is 16.1. The molecule has 0 atom stereocenters. The number of hydrogen-bond donors (Lipinski definition) is 0. The molecule has 0 aliphatic carbocycles. The fourth-order valence-corrected chi connectivity index (χ4v) is 2.22. The first-order chi connectivity index (χ1) is 13.9. The maximum Gasteiger partial charge on any atom is 0.270 e. The predicted octanol–water partition coefficient (Wildman–Crippen LogP) is 6.73. The third-order valence-electron chi connectivity index (χ3n) is 3.47. The first-order valence-corrected chi connectivity index (χ1v) is 8.83. The van der Waals surface area contributed by atoms with E-state index in [1.54, 1.807) is 24.3 Å². The van der Waals surface area contributed by atoms with Gasteiger partial charge in [-0.1, -0.05) is 48.5 Å². The lowest BCUT2D eigenvalue weighted by atomic mass is 10.1. The average Bonchev–Trinajstić information content (AvgIpc) is 2.69. The van der Waals surface area contributed by atoms with Gasteiger partial charge in [-0.3, -0.25) is 4.79 Å². The summed E-state index contributed by atoms with van der Waals surface area (Å²) in [5, 5.41) is 0. The van der Waals surface area contributed by atoms with Crippen molar-refractivity contribution < 1.29 is 31.8 Å². The fraction of sp³-hybridized carbons (Fsp3) is 0.227. The number of hydrogen-bond acceptors (Lipinski definition) is 3. The highest BCUT2D eigenvalue weighted by Crippen LogP contribution is 2.20. The lowest BCUT2D eigenvalue weighted by Gasteiger charge is -2.17. The van der Waals surface area contributed by atoms with Crippen LogP contribution in [0.15, 0.2) is 60.7 Å². The summed E-state index contributed by atoms with van der Waals surface area (Å²) in [6.45, 7) is 4.82. The Balaban J connectivity index is 0.000000308. The van der Waals surface area contributed by atoms with Gasteiger partial charge in [0.25, 0.3) is 12.2 Å². The molecule has 3 nitrogen and oxygen atoms in total. The number of ether oxygens (including phenoxy) is 2. The standard InChI is InChI=1S/C13H16F2O2.C9H6F2O/c1-3-16-13(17-4-2)11-7-5-10(6-8-11)9-12(14)15;10-9(11)5-7-1-3-8(6-12)4-2-7/h5-9,13H,3-4H2,1-2H3;1-6H. The number of carbonyl (C=O) groups excluding carboxylic acids is 1. The molecule has 0 saturated heterocycles. The Labute approximate surface area is 167 Å². The van der Waals surface area contributed by atoms with Gasteiger partial charge in [0.1, 0.15) is 6.29 Å². The largest absolute Gasteiger partial charge is 0.349 e. The smallest absolute Gasteiger partial charge is 0.270 e. The van der Waals surface area contributed by atoms with Gasteiger partial charge in [-0.15, -0.1) is 0 Å². The fourth-order valence-electron chi connectivity index (χ4n) is 2.22. The maximum atomic E-state index is 12.0. The minimum absolute atomic E-state index is 0.389. The van der Waals surface area contributed by atoms with Gasteiger partial charge < -0.3 is 9.47 Å². The van der Waals surface area contributed by atoms with Gasteiger partial charge in [0.2, 0.25) is 0 Å². The van der Waals surface area contributed by atoms with E-state index in [1.165, 1.54) is 24.3 Å². The van der Waals surface area contributed by atoms with Crippen LogP contribution >= 0.6 is 0 Å². The Kier molecular flexibility index (Phi) is 11.2. The lowest BCUT2D eigenvalue weighted by Crippen LogP contribution is -2.08. The molecule has 0 N–H and O–H groups in total. The molecular weight excluding hydrogens is 388 g/mol. The van der Waals surface area contributed by atoms with Crippen LogP contribution in [0, 0.1) is 0 Å². The Hall–Kier alpha value is -2.77. The second-order valence-corrected chi connectivity index (χ2v) is 5.56. The van der Waals surface area contributed by atoms with Crippen molar-refractivity contribution in [3.05, 3.63) is 82.9 Å². The van der Waals surface area contributed by atoms with Crippen LogP contribution in [0.3, 0.4) is 0 Å². The van der Waals surface area contributed by atoms with E-state index in [9.17, 15) is 22.4 Å². The SMILES string of the molecule is CCOC(OCC)c1ccc(C=C(F)F)cc1.O=Cc1ccc(C=C(F)F)cc1. The minimum atomic E-state index is -1.74. The van der Waals surface area contributed by atoms with Crippen molar-refractivity contribution in [2.24, 2.45) is 0 Å². The van der Waals surface area contributed by atoms with E-state index in [0.717, 1.165) is 17.7 Å². The number of benzene rings is 2. The second kappa shape index (κ2) is 13.4. The van der Waals surface area contributed by atoms with E-state index in [1.807, 2.05) is 13.8 Å². The summed E-state index contributed by atoms with van der Waals surface area (Å²) in [4.78, 5) is 10.2. The van der Waals surface area contributed by atoms with Gasteiger partial charge in [0, 0.05) is 36.5 Å². The Morgan fingerprint density at radius 2 is 1.14 bits per heavy atom. The van der Waals surface area contributed by atoms with E-state index >= 15 is 0 Å². The molecule has 0 heterocycles. The van der Waals surface area contributed by atoms with Crippen LogP contribution in [0.25, 0.3) is 12.2 Å². The van der Waals surface area contributed by atoms with Gasteiger partial charge >= 0.3 is 0 Å². The van der Waals surface area contributed by atoms with Crippen LogP contribution < -0.4 is 0 Å². The van der Waals surface area contributed by atoms with Gasteiger partial charge in [0.15, 0.2) is 6.29 Å². The maximum absolute atomic E-state index is 12.0. The van der Waals surface area contributed by atoms with Crippen molar-refractivity contribution in [2.75, 3.05) is 13.2 Å².